The molecule has 0 atom stereocenters. The largest absolute Gasteiger partial charge is 0.573 e. The first-order chi connectivity index (χ1) is 10.3. The second kappa shape index (κ2) is 5.96. The lowest BCUT2D eigenvalue weighted by atomic mass is 10.1. The topological polar surface area (TPSA) is 79.5 Å². The van der Waals surface area contributed by atoms with Crippen LogP contribution < -0.4 is 19.9 Å². The van der Waals surface area contributed by atoms with Crippen LogP contribution in [-0.2, 0) is 0 Å². The van der Waals surface area contributed by atoms with E-state index < -0.39 is 12.1 Å². The minimum atomic E-state index is -4.78. The van der Waals surface area contributed by atoms with E-state index in [0.29, 0.717) is 11.3 Å². The predicted octanol–water partition coefficient (Wildman–Crippen LogP) is 2.64. The number of methoxy groups -OCH3 is 2. The first-order valence-corrected chi connectivity index (χ1v) is 5.94. The fourth-order valence-corrected chi connectivity index (χ4v) is 1.74. The number of benzene rings is 1. The van der Waals surface area contributed by atoms with E-state index in [1.807, 2.05) is 0 Å². The number of hydrogen-bond donors (Lipinski definition) is 1. The van der Waals surface area contributed by atoms with Gasteiger partial charge in [0, 0.05) is 11.6 Å². The summed E-state index contributed by atoms with van der Waals surface area (Å²) in [6.45, 7) is 0. The first kappa shape index (κ1) is 15.7. The smallest absolute Gasteiger partial charge is 0.496 e. The molecule has 0 amide bonds. The van der Waals surface area contributed by atoms with Crippen molar-refractivity contribution in [3.05, 3.63) is 24.4 Å². The van der Waals surface area contributed by atoms with Gasteiger partial charge in [-0.3, -0.25) is 0 Å². The molecule has 2 aromatic rings. The average molecular weight is 315 g/mol. The van der Waals surface area contributed by atoms with Crippen molar-refractivity contribution in [1.82, 2.24) is 9.97 Å². The molecule has 0 spiro atoms. The Morgan fingerprint density at radius 2 is 1.86 bits per heavy atom. The summed E-state index contributed by atoms with van der Waals surface area (Å²) in [6.07, 6.45) is -3.42. The third kappa shape index (κ3) is 3.48. The Bertz CT molecular complexity index is 677. The number of nitrogens with two attached hydrogens (primary N) is 1. The molecule has 1 aromatic heterocycles. The second-order valence-electron chi connectivity index (χ2n) is 4.06. The number of rotatable bonds is 4. The van der Waals surface area contributed by atoms with E-state index in [4.69, 9.17) is 15.2 Å². The molecule has 0 fully saturated rings. The lowest BCUT2D eigenvalue weighted by molar-refractivity contribution is -0.274. The first-order valence-electron chi connectivity index (χ1n) is 5.94. The van der Waals surface area contributed by atoms with Gasteiger partial charge in [0.25, 0.3) is 5.88 Å². The van der Waals surface area contributed by atoms with Gasteiger partial charge in [-0.1, -0.05) is 0 Å². The molecule has 0 bridgehead atoms. The van der Waals surface area contributed by atoms with Gasteiger partial charge in [0.1, 0.15) is 11.5 Å². The number of anilines is 1. The van der Waals surface area contributed by atoms with Gasteiger partial charge >= 0.3 is 6.36 Å². The molecule has 0 radical (unpaired) electrons. The third-order valence-corrected chi connectivity index (χ3v) is 2.64. The lowest BCUT2D eigenvalue weighted by Gasteiger charge is -2.13. The van der Waals surface area contributed by atoms with Crippen molar-refractivity contribution in [2.45, 2.75) is 6.36 Å². The van der Waals surface area contributed by atoms with Crippen molar-refractivity contribution in [3.63, 3.8) is 0 Å². The summed E-state index contributed by atoms with van der Waals surface area (Å²) < 4.78 is 50.6. The summed E-state index contributed by atoms with van der Waals surface area (Å²) in [6, 6.07) is 3.63. The molecular weight excluding hydrogens is 303 g/mol. The highest BCUT2D eigenvalue weighted by molar-refractivity contribution is 5.69. The Kier molecular flexibility index (Phi) is 4.25. The molecule has 22 heavy (non-hydrogen) atoms. The minimum absolute atomic E-state index is 0.0993. The number of aromatic nitrogens is 2. The third-order valence-electron chi connectivity index (χ3n) is 2.64. The summed E-state index contributed by atoms with van der Waals surface area (Å²) in [5, 5.41) is 0. The van der Waals surface area contributed by atoms with Crippen molar-refractivity contribution in [3.8, 4) is 28.6 Å². The van der Waals surface area contributed by atoms with Crippen molar-refractivity contribution in [2.75, 3.05) is 20.0 Å². The maximum Gasteiger partial charge on any atom is 0.573 e. The maximum atomic E-state index is 12.2. The van der Waals surface area contributed by atoms with E-state index >= 15 is 0 Å². The SMILES string of the molecule is COc1cc(OC(F)(F)F)ccc1-c1cnc(N)c(OC)n1. The van der Waals surface area contributed by atoms with Gasteiger partial charge in [-0.05, 0) is 12.1 Å². The molecule has 0 aliphatic heterocycles. The van der Waals surface area contributed by atoms with E-state index in [1.165, 1.54) is 26.5 Å². The number of nitrogens with zero attached hydrogens (tertiary/aromatic N) is 2. The van der Waals surface area contributed by atoms with E-state index in [0.717, 1.165) is 12.1 Å². The van der Waals surface area contributed by atoms with E-state index in [9.17, 15) is 13.2 Å². The highest BCUT2D eigenvalue weighted by atomic mass is 19.4. The lowest BCUT2D eigenvalue weighted by Crippen LogP contribution is -2.17. The van der Waals surface area contributed by atoms with E-state index in [1.54, 1.807) is 0 Å². The van der Waals surface area contributed by atoms with Gasteiger partial charge in [-0.15, -0.1) is 13.2 Å². The normalized spacial score (nSPS) is 11.1. The molecule has 6 nitrogen and oxygen atoms in total. The van der Waals surface area contributed by atoms with E-state index in [-0.39, 0.29) is 17.4 Å². The van der Waals surface area contributed by atoms with Gasteiger partial charge in [0.2, 0.25) is 0 Å². The summed E-state index contributed by atoms with van der Waals surface area (Å²) in [5.41, 5.74) is 6.32. The van der Waals surface area contributed by atoms with Gasteiger partial charge in [-0.2, -0.15) is 0 Å². The van der Waals surface area contributed by atoms with Crippen LogP contribution in [0.25, 0.3) is 11.3 Å². The highest BCUT2D eigenvalue weighted by Crippen LogP contribution is 2.35. The molecule has 1 aromatic carbocycles. The monoisotopic (exact) mass is 315 g/mol. The molecule has 2 rings (SSSR count). The molecule has 0 saturated heterocycles. The van der Waals surface area contributed by atoms with Crippen LogP contribution in [0.3, 0.4) is 0 Å². The number of nitrogen functional groups attached to an aromatic ring is 1. The van der Waals surface area contributed by atoms with Crippen LogP contribution in [0.2, 0.25) is 0 Å². The van der Waals surface area contributed by atoms with Gasteiger partial charge < -0.3 is 19.9 Å². The predicted molar refractivity (Wildman–Crippen MR) is 71.7 cm³/mol. The zero-order valence-electron chi connectivity index (χ0n) is 11.6. The van der Waals surface area contributed by atoms with E-state index in [2.05, 4.69) is 14.7 Å². The number of halogens is 3. The van der Waals surface area contributed by atoms with Crippen LogP contribution in [-0.4, -0.2) is 30.5 Å². The van der Waals surface area contributed by atoms with Gasteiger partial charge in [0.15, 0.2) is 5.82 Å². The fourth-order valence-electron chi connectivity index (χ4n) is 1.74. The average Bonchev–Trinajstić information content (AvgIpc) is 2.46. The molecular formula is C13H12F3N3O3. The molecule has 9 heteroatoms. The Morgan fingerprint density at radius 3 is 2.45 bits per heavy atom. The fraction of sp³-hybridized carbons (Fsp3) is 0.231. The summed E-state index contributed by atoms with van der Waals surface area (Å²) in [4.78, 5) is 8.03. The molecule has 118 valence electrons. The Balaban J connectivity index is 2.43. The van der Waals surface area contributed by atoms with Crippen molar-refractivity contribution in [1.29, 1.82) is 0 Å². The van der Waals surface area contributed by atoms with Crippen molar-refractivity contribution in [2.24, 2.45) is 0 Å². The second-order valence-corrected chi connectivity index (χ2v) is 4.06. The van der Waals surface area contributed by atoms with Crippen LogP contribution in [0.1, 0.15) is 0 Å². The van der Waals surface area contributed by atoms with Gasteiger partial charge in [0.05, 0.1) is 26.1 Å². The van der Waals surface area contributed by atoms with Crippen LogP contribution in [0.15, 0.2) is 24.4 Å². The summed E-state index contributed by atoms with van der Waals surface area (Å²) in [7, 11) is 2.69. The zero-order valence-corrected chi connectivity index (χ0v) is 11.6. The maximum absolute atomic E-state index is 12.2. The molecule has 2 N–H and O–H groups in total. The van der Waals surface area contributed by atoms with Crippen LogP contribution >= 0.6 is 0 Å². The molecule has 0 aliphatic carbocycles. The Morgan fingerprint density at radius 1 is 1.14 bits per heavy atom. The Hall–Kier alpha value is -2.71. The molecule has 0 saturated carbocycles. The van der Waals surface area contributed by atoms with Crippen LogP contribution in [0.4, 0.5) is 19.0 Å². The summed E-state index contributed by atoms with van der Waals surface area (Å²) >= 11 is 0. The molecule has 1 heterocycles. The Labute approximate surface area is 123 Å². The minimum Gasteiger partial charge on any atom is -0.496 e. The van der Waals surface area contributed by atoms with Crippen molar-refractivity contribution >= 4 is 5.82 Å². The number of ether oxygens (including phenoxy) is 3. The van der Waals surface area contributed by atoms with Gasteiger partial charge in [-0.25, -0.2) is 9.97 Å². The molecule has 0 unspecified atom stereocenters. The van der Waals surface area contributed by atoms with Crippen LogP contribution in [0.5, 0.6) is 17.4 Å². The number of hydrogen-bond acceptors (Lipinski definition) is 6. The highest BCUT2D eigenvalue weighted by Gasteiger charge is 2.31. The zero-order chi connectivity index (χ0) is 16.3. The van der Waals surface area contributed by atoms with Crippen LogP contribution in [0, 0.1) is 0 Å². The van der Waals surface area contributed by atoms with Crippen molar-refractivity contribution < 1.29 is 27.4 Å². The molecule has 0 aliphatic rings. The summed E-state index contributed by atoms with van der Waals surface area (Å²) in [5.74, 6) is -0.0521. The number of alkyl halides is 3. The quantitative estimate of drug-likeness (QED) is 0.934. The standard InChI is InChI=1S/C13H12F3N3O3/c1-20-10-5-7(22-13(14,15)16)3-4-8(10)9-6-18-11(17)12(19-9)21-2/h3-6H,1-2H3,(H2,17,18).